The summed E-state index contributed by atoms with van der Waals surface area (Å²) in [6, 6.07) is 7.19. The van der Waals surface area contributed by atoms with Gasteiger partial charge in [0.1, 0.15) is 6.26 Å². The van der Waals surface area contributed by atoms with Crippen molar-refractivity contribution in [2.24, 2.45) is 5.92 Å². The Balaban J connectivity index is 1.59. The first kappa shape index (κ1) is 17.0. The van der Waals surface area contributed by atoms with Crippen LogP contribution in [0.3, 0.4) is 0 Å². The minimum Gasteiger partial charge on any atom is -0.444 e. The number of benzene rings is 1. The number of hydrogen-bond donors (Lipinski definition) is 1. The predicted molar refractivity (Wildman–Crippen MR) is 91.6 cm³/mol. The SMILES string of the molecule is CN(CC1CCCC1O)C(=O)Cc1coc(-c2ccc(Cl)cc2)n1. The van der Waals surface area contributed by atoms with E-state index < -0.39 is 0 Å². The van der Waals surface area contributed by atoms with Crippen LogP contribution in [0.4, 0.5) is 0 Å². The molecule has 1 saturated carbocycles. The number of oxazole rings is 1. The van der Waals surface area contributed by atoms with E-state index in [0.29, 0.717) is 23.2 Å². The van der Waals surface area contributed by atoms with Crippen LogP contribution in [0.1, 0.15) is 25.0 Å². The molecule has 2 atom stereocenters. The highest BCUT2D eigenvalue weighted by Crippen LogP contribution is 2.26. The first-order chi connectivity index (χ1) is 11.5. The Morgan fingerprint density at radius 3 is 2.79 bits per heavy atom. The number of halogens is 1. The molecule has 0 aliphatic heterocycles. The van der Waals surface area contributed by atoms with Crippen molar-refractivity contribution in [2.75, 3.05) is 13.6 Å². The molecule has 1 aliphatic carbocycles. The number of likely N-dealkylation sites (N-methyl/N-ethyl adjacent to an activating group) is 1. The van der Waals surface area contributed by atoms with Crippen LogP contribution in [0.25, 0.3) is 11.5 Å². The Bertz CT molecular complexity index is 699. The molecule has 0 saturated heterocycles. The molecule has 0 bridgehead atoms. The number of rotatable bonds is 5. The van der Waals surface area contributed by atoms with Gasteiger partial charge in [-0.2, -0.15) is 0 Å². The van der Waals surface area contributed by atoms with Crippen molar-refractivity contribution >= 4 is 17.5 Å². The molecule has 1 aromatic heterocycles. The number of aliphatic hydroxyl groups is 1. The monoisotopic (exact) mass is 348 g/mol. The molecule has 128 valence electrons. The molecule has 24 heavy (non-hydrogen) atoms. The fourth-order valence-corrected chi connectivity index (χ4v) is 3.21. The third kappa shape index (κ3) is 3.97. The molecule has 2 unspecified atom stereocenters. The van der Waals surface area contributed by atoms with Crippen LogP contribution in [-0.2, 0) is 11.2 Å². The molecule has 0 spiro atoms. The summed E-state index contributed by atoms with van der Waals surface area (Å²) in [4.78, 5) is 18.4. The summed E-state index contributed by atoms with van der Waals surface area (Å²) in [5.74, 6) is 0.634. The van der Waals surface area contributed by atoms with Gasteiger partial charge in [-0.05, 0) is 37.1 Å². The van der Waals surface area contributed by atoms with Gasteiger partial charge in [-0.15, -0.1) is 0 Å². The molecule has 0 radical (unpaired) electrons. The Morgan fingerprint density at radius 1 is 1.38 bits per heavy atom. The second kappa shape index (κ2) is 7.36. The topological polar surface area (TPSA) is 66.6 Å². The molecule has 2 aromatic rings. The van der Waals surface area contributed by atoms with Crippen molar-refractivity contribution in [3.05, 3.63) is 41.2 Å². The Hall–Kier alpha value is -1.85. The summed E-state index contributed by atoms with van der Waals surface area (Å²) in [6.45, 7) is 0.585. The summed E-state index contributed by atoms with van der Waals surface area (Å²) in [7, 11) is 1.77. The van der Waals surface area contributed by atoms with Gasteiger partial charge >= 0.3 is 0 Å². The van der Waals surface area contributed by atoms with Gasteiger partial charge in [0.15, 0.2) is 0 Å². The minimum atomic E-state index is -0.288. The predicted octanol–water partition coefficient (Wildman–Crippen LogP) is 3.16. The first-order valence-corrected chi connectivity index (χ1v) is 8.53. The van der Waals surface area contributed by atoms with E-state index in [2.05, 4.69) is 4.98 Å². The molecule has 6 heteroatoms. The standard InChI is InChI=1S/C18H21ClN2O3/c1-21(10-13-3-2-4-16(13)22)17(23)9-15-11-24-18(20-15)12-5-7-14(19)8-6-12/h5-8,11,13,16,22H,2-4,9-10H2,1H3. The average molecular weight is 349 g/mol. The number of carbonyl (C=O) groups excluding carboxylic acids is 1. The molecule has 1 heterocycles. The van der Waals surface area contributed by atoms with E-state index in [1.807, 2.05) is 12.1 Å². The normalized spacial score (nSPS) is 20.3. The highest BCUT2D eigenvalue weighted by atomic mass is 35.5. The van der Waals surface area contributed by atoms with Crippen LogP contribution in [0.2, 0.25) is 5.02 Å². The van der Waals surface area contributed by atoms with Gasteiger partial charge in [-0.25, -0.2) is 4.98 Å². The van der Waals surface area contributed by atoms with Crippen LogP contribution < -0.4 is 0 Å². The summed E-state index contributed by atoms with van der Waals surface area (Å²) in [5.41, 5.74) is 1.42. The average Bonchev–Trinajstić information content (AvgIpc) is 3.18. The Morgan fingerprint density at radius 2 is 2.12 bits per heavy atom. The zero-order chi connectivity index (χ0) is 17.1. The summed E-state index contributed by atoms with van der Waals surface area (Å²) in [6.07, 6.45) is 4.26. The van der Waals surface area contributed by atoms with Crippen molar-refractivity contribution in [2.45, 2.75) is 31.8 Å². The van der Waals surface area contributed by atoms with Crippen molar-refractivity contribution in [1.82, 2.24) is 9.88 Å². The van der Waals surface area contributed by atoms with E-state index in [0.717, 1.165) is 24.8 Å². The van der Waals surface area contributed by atoms with Crippen molar-refractivity contribution < 1.29 is 14.3 Å². The quantitative estimate of drug-likeness (QED) is 0.901. The fourth-order valence-electron chi connectivity index (χ4n) is 3.09. The summed E-state index contributed by atoms with van der Waals surface area (Å²) >= 11 is 5.87. The van der Waals surface area contributed by atoms with Crippen molar-refractivity contribution in [3.63, 3.8) is 0 Å². The van der Waals surface area contributed by atoms with Crippen LogP contribution >= 0.6 is 11.6 Å². The highest BCUT2D eigenvalue weighted by molar-refractivity contribution is 6.30. The van der Waals surface area contributed by atoms with E-state index in [4.69, 9.17) is 16.0 Å². The number of aromatic nitrogens is 1. The van der Waals surface area contributed by atoms with Crippen LogP contribution in [0.15, 0.2) is 34.9 Å². The third-order valence-corrected chi connectivity index (χ3v) is 4.78. The number of amides is 1. The van der Waals surface area contributed by atoms with E-state index >= 15 is 0 Å². The largest absolute Gasteiger partial charge is 0.444 e. The van der Waals surface area contributed by atoms with Gasteiger partial charge in [-0.1, -0.05) is 18.0 Å². The maximum Gasteiger partial charge on any atom is 0.228 e. The lowest BCUT2D eigenvalue weighted by Gasteiger charge is -2.23. The van der Waals surface area contributed by atoms with E-state index in [-0.39, 0.29) is 24.3 Å². The zero-order valence-corrected chi connectivity index (χ0v) is 14.4. The Kier molecular flexibility index (Phi) is 5.21. The van der Waals surface area contributed by atoms with Crippen LogP contribution in [0.5, 0.6) is 0 Å². The van der Waals surface area contributed by atoms with E-state index in [1.165, 1.54) is 6.26 Å². The van der Waals surface area contributed by atoms with Crippen LogP contribution in [0, 0.1) is 5.92 Å². The Labute approximate surface area is 146 Å². The number of nitrogens with zero attached hydrogens (tertiary/aromatic N) is 2. The summed E-state index contributed by atoms with van der Waals surface area (Å²) < 4.78 is 5.46. The van der Waals surface area contributed by atoms with E-state index in [9.17, 15) is 9.90 Å². The molecule has 1 aromatic carbocycles. The molecule has 1 N–H and O–H groups in total. The fraction of sp³-hybridized carbons (Fsp3) is 0.444. The molecule has 1 fully saturated rings. The lowest BCUT2D eigenvalue weighted by atomic mass is 10.1. The van der Waals surface area contributed by atoms with Gasteiger partial charge in [0.25, 0.3) is 0 Å². The number of carbonyl (C=O) groups is 1. The van der Waals surface area contributed by atoms with Crippen LogP contribution in [-0.4, -0.2) is 40.6 Å². The molecular formula is C18H21ClN2O3. The van der Waals surface area contributed by atoms with E-state index in [1.54, 1.807) is 24.1 Å². The second-order valence-electron chi connectivity index (χ2n) is 6.36. The van der Waals surface area contributed by atoms with Gasteiger partial charge in [0.05, 0.1) is 18.2 Å². The smallest absolute Gasteiger partial charge is 0.228 e. The molecule has 1 aliphatic rings. The summed E-state index contributed by atoms with van der Waals surface area (Å²) in [5, 5.41) is 10.5. The lowest BCUT2D eigenvalue weighted by Crippen LogP contribution is -2.35. The van der Waals surface area contributed by atoms with Crippen molar-refractivity contribution in [1.29, 1.82) is 0 Å². The molecule has 1 amide bonds. The molecular weight excluding hydrogens is 328 g/mol. The maximum atomic E-state index is 12.3. The van der Waals surface area contributed by atoms with Gasteiger partial charge in [-0.3, -0.25) is 4.79 Å². The van der Waals surface area contributed by atoms with Crippen molar-refractivity contribution in [3.8, 4) is 11.5 Å². The highest BCUT2D eigenvalue weighted by Gasteiger charge is 2.27. The molecule has 5 nitrogen and oxygen atoms in total. The number of hydrogen-bond acceptors (Lipinski definition) is 4. The first-order valence-electron chi connectivity index (χ1n) is 8.15. The zero-order valence-electron chi connectivity index (χ0n) is 13.6. The lowest BCUT2D eigenvalue weighted by molar-refractivity contribution is -0.130. The second-order valence-corrected chi connectivity index (χ2v) is 6.80. The minimum absolute atomic E-state index is 0.0231. The third-order valence-electron chi connectivity index (χ3n) is 4.53. The maximum absolute atomic E-state index is 12.3. The van der Waals surface area contributed by atoms with Gasteiger partial charge in [0, 0.05) is 30.1 Å². The molecule has 3 rings (SSSR count). The number of aliphatic hydroxyl groups excluding tert-OH is 1. The van der Waals surface area contributed by atoms with Gasteiger partial charge < -0.3 is 14.4 Å². The van der Waals surface area contributed by atoms with Gasteiger partial charge in [0.2, 0.25) is 11.8 Å².